The summed E-state index contributed by atoms with van der Waals surface area (Å²) in [4.78, 5) is 10.7. The van der Waals surface area contributed by atoms with Gasteiger partial charge in [0, 0.05) is 18.0 Å². The first-order valence-corrected chi connectivity index (χ1v) is 8.50. The summed E-state index contributed by atoms with van der Waals surface area (Å²) < 4.78 is 36.2. The van der Waals surface area contributed by atoms with Crippen LogP contribution in [0.2, 0.25) is 0 Å². The Morgan fingerprint density at radius 1 is 1.28 bits per heavy atom. The minimum absolute atomic E-state index is 0.00925. The Balaban J connectivity index is 1.84. The number of benzene rings is 1. The third-order valence-corrected chi connectivity index (χ3v) is 4.24. The number of carbonyl (C=O) groups excluding carboxylic acids is 1. The molecule has 1 saturated carbocycles. The lowest BCUT2D eigenvalue weighted by molar-refractivity contribution is -0.173. The molecule has 0 radical (unpaired) electrons. The van der Waals surface area contributed by atoms with Gasteiger partial charge in [0.15, 0.2) is 0 Å². The van der Waals surface area contributed by atoms with E-state index in [4.69, 9.17) is 0 Å². The van der Waals surface area contributed by atoms with Gasteiger partial charge in [0.25, 0.3) is 0 Å². The Morgan fingerprint density at radius 2 is 2.04 bits per heavy atom. The number of carbonyl (C=O) groups is 1. The summed E-state index contributed by atoms with van der Waals surface area (Å²) in [5, 5.41) is 11.8. The first-order valence-electron chi connectivity index (χ1n) is 8.50. The lowest BCUT2D eigenvalue weighted by Crippen LogP contribution is -2.37. The lowest BCUT2D eigenvalue weighted by atomic mass is 9.87. The van der Waals surface area contributed by atoms with E-state index in [1.54, 1.807) is 0 Å². The lowest BCUT2D eigenvalue weighted by Gasteiger charge is -2.22. The number of halogens is 3. The number of aliphatic hydroxyl groups excluding tert-OH is 1. The Hall–Kier alpha value is -2.00. The zero-order chi connectivity index (χ0) is 18.3. The molecule has 25 heavy (non-hydrogen) atoms. The van der Waals surface area contributed by atoms with Gasteiger partial charge in [-0.1, -0.05) is 36.8 Å². The summed E-state index contributed by atoms with van der Waals surface area (Å²) in [6.45, 7) is -0.0253. The van der Waals surface area contributed by atoms with Crippen molar-refractivity contribution >= 4 is 5.91 Å². The van der Waals surface area contributed by atoms with Crippen molar-refractivity contribution in [2.24, 2.45) is 5.92 Å². The van der Waals surface area contributed by atoms with E-state index < -0.39 is 12.1 Å². The number of aliphatic hydroxyl groups is 1. The van der Waals surface area contributed by atoms with Crippen LogP contribution < -0.4 is 5.32 Å². The fourth-order valence-corrected chi connectivity index (χ4v) is 2.85. The molecule has 1 aliphatic rings. The maximum absolute atomic E-state index is 12.1. The highest BCUT2D eigenvalue weighted by Crippen LogP contribution is 2.23. The molecular formula is C19H22F3NO2. The van der Waals surface area contributed by atoms with Crippen molar-refractivity contribution in [2.75, 3.05) is 6.54 Å². The van der Waals surface area contributed by atoms with Crippen LogP contribution in [-0.2, 0) is 11.2 Å². The van der Waals surface area contributed by atoms with E-state index in [9.17, 15) is 23.1 Å². The zero-order valence-electron chi connectivity index (χ0n) is 13.9. The van der Waals surface area contributed by atoms with Crippen LogP contribution in [-0.4, -0.2) is 29.8 Å². The van der Waals surface area contributed by atoms with Crippen LogP contribution in [0.3, 0.4) is 0 Å². The molecule has 1 amide bonds. The first kappa shape index (κ1) is 19.3. The van der Waals surface area contributed by atoms with Crippen molar-refractivity contribution in [3.63, 3.8) is 0 Å². The normalized spacial score (nSPS) is 20.5. The van der Waals surface area contributed by atoms with E-state index in [0.29, 0.717) is 12.8 Å². The molecule has 2 unspecified atom stereocenters. The molecule has 0 saturated heterocycles. The van der Waals surface area contributed by atoms with Gasteiger partial charge >= 0.3 is 12.1 Å². The van der Waals surface area contributed by atoms with Crippen molar-refractivity contribution in [2.45, 2.75) is 50.8 Å². The van der Waals surface area contributed by atoms with E-state index in [1.165, 1.54) is 0 Å². The first-order chi connectivity index (χ1) is 11.9. The van der Waals surface area contributed by atoms with Gasteiger partial charge in [0.05, 0.1) is 6.10 Å². The number of aryl methyl sites for hydroxylation is 1. The van der Waals surface area contributed by atoms with Gasteiger partial charge in [0.1, 0.15) is 0 Å². The summed E-state index contributed by atoms with van der Waals surface area (Å²) in [5.41, 5.74) is 1.78. The molecule has 2 atom stereocenters. The van der Waals surface area contributed by atoms with E-state index in [1.807, 2.05) is 29.6 Å². The van der Waals surface area contributed by atoms with E-state index >= 15 is 0 Å². The molecule has 0 aromatic heterocycles. The van der Waals surface area contributed by atoms with Crippen LogP contribution in [0.25, 0.3) is 0 Å². The Bertz CT molecular complexity index is 646. The Morgan fingerprint density at radius 3 is 2.76 bits per heavy atom. The van der Waals surface area contributed by atoms with Crippen molar-refractivity contribution in [1.82, 2.24) is 5.32 Å². The highest BCUT2D eigenvalue weighted by Gasteiger charge is 2.38. The molecule has 3 nitrogen and oxygen atoms in total. The number of amides is 1. The SMILES string of the molecule is O=C(NCCCc1cccc(C#CC2CCCCC2O)c1)C(F)(F)F. The van der Waals surface area contributed by atoms with E-state index in [0.717, 1.165) is 36.8 Å². The van der Waals surface area contributed by atoms with Crippen molar-refractivity contribution < 1.29 is 23.1 Å². The Labute approximate surface area is 145 Å². The number of alkyl halides is 3. The zero-order valence-corrected chi connectivity index (χ0v) is 13.9. The van der Waals surface area contributed by atoms with E-state index in [-0.39, 0.29) is 18.6 Å². The molecule has 0 aliphatic heterocycles. The summed E-state index contributed by atoms with van der Waals surface area (Å²) in [6.07, 6.45) is -0.393. The Kier molecular flexibility index (Phi) is 6.89. The third kappa shape index (κ3) is 6.43. The summed E-state index contributed by atoms with van der Waals surface area (Å²) in [7, 11) is 0. The summed E-state index contributed by atoms with van der Waals surface area (Å²) in [6, 6.07) is 7.50. The van der Waals surface area contributed by atoms with Gasteiger partial charge in [-0.3, -0.25) is 4.79 Å². The largest absolute Gasteiger partial charge is 0.471 e. The highest BCUT2D eigenvalue weighted by molar-refractivity contribution is 5.81. The van der Waals surface area contributed by atoms with Crippen molar-refractivity contribution in [3.8, 4) is 11.8 Å². The van der Waals surface area contributed by atoms with Crippen LogP contribution in [0.1, 0.15) is 43.2 Å². The number of rotatable bonds is 4. The van der Waals surface area contributed by atoms with Gasteiger partial charge < -0.3 is 10.4 Å². The molecular weight excluding hydrogens is 331 g/mol. The number of nitrogens with one attached hydrogen (secondary N) is 1. The summed E-state index contributed by atoms with van der Waals surface area (Å²) in [5.74, 6) is 4.32. The molecule has 0 heterocycles. The predicted octanol–water partition coefficient (Wildman–Crippen LogP) is 3.20. The van der Waals surface area contributed by atoms with Gasteiger partial charge in [0.2, 0.25) is 0 Å². The fourth-order valence-electron chi connectivity index (χ4n) is 2.85. The third-order valence-electron chi connectivity index (χ3n) is 4.24. The minimum Gasteiger partial charge on any atom is -0.392 e. The fraction of sp³-hybridized carbons (Fsp3) is 0.526. The molecule has 1 aromatic rings. The van der Waals surface area contributed by atoms with Gasteiger partial charge in [-0.05, 0) is 43.4 Å². The smallest absolute Gasteiger partial charge is 0.392 e. The van der Waals surface area contributed by atoms with Crippen molar-refractivity contribution in [1.29, 1.82) is 0 Å². The molecule has 0 bridgehead atoms. The van der Waals surface area contributed by atoms with Crippen molar-refractivity contribution in [3.05, 3.63) is 35.4 Å². The topological polar surface area (TPSA) is 49.3 Å². The second kappa shape index (κ2) is 8.91. The van der Waals surface area contributed by atoms with E-state index in [2.05, 4.69) is 11.8 Å². The second-order valence-electron chi connectivity index (χ2n) is 6.29. The van der Waals surface area contributed by atoms with Gasteiger partial charge in [-0.2, -0.15) is 13.2 Å². The molecule has 1 aromatic carbocycles. The van der Waals surface area contributed by atoms with Crippen LogP contribution >= 0.6 is 0 Å². The maximum Gasteiger partial charge on any atom is 0.471 e. The predicted molar refractivity (Wildman–Crippen MR) is 88.7 cm³/mol. The van der Waals surface area contributed by atoms with Crippen LogP contribution in [0.4, 0.5) is 13.2 Å². The number of hydrogen-bond acceptors (Lipinski definition) is 2. The molecule has 1 aliphatic carbocycles. The van der Waals surface area contributed by atoms with Gasteiger partial charge in [-0.15, -0.1) is 0 Å². The molecule has 2 N–H and O–H groups in total. The average molecular weight is 353 g/mol. The molecule has 136 valence electrons. The van der Waals surface area contributed by atoms with Gasteiger partial charge in [-0.25, -0.2) is 0 Å². The number of hydrogen-bond donors (Lipinski definition) is 2. The monoisotopic (exact) mass is 353 g/mol. The molecule has 0 spiro atoms. The van der Waals surface area contributed by atoms with Crippen LogP contribution in [0, 0.1) is 17.8 Å². The average Bonchev–Trinajstić information content (AvgIpc) is 2.57. The molecule has 2 rings (SSSR count). The minimum atomic E-state index is -4.83. The van der Waals surface area contributed by atoms with Crippen LogP contribution in [0.5, 0.6) is 0 Å². The summed E-state index contributed by atoms with van der Waals surface area (Å²) >= 11 is 0. The maximum atomic E-state index is 12.1. The quantitative estimate of drug-likeness (QED) is 0.645. The van der Waals surface area contributed by atoms with Crippen LogP contribution in [0.15, 0.2) is 24.3 Å². The molecule has 1 fully saturated rings. The second-order valence-corrected chi connectivity index (χ2v) is 6.29. The molecule has 6 heteroatoms. The standard InChI is InChI=1S/C19H22F3NO2/c20-19(21,22)18(25)23-12-4-7-14-5-3-6-15(13-14)10-11-16-8-1-2-9-17(16)24/h3,5-6,13,16-17,24H,1-2,4,7-9,12H2,(H,23,25). The highest BCUT2D eigenvalue weighted by atomic mass is 19.4.